The van der Waals surface area contributed by atoms with Gasteiger partial charge in [-0.1, -0.05) is 12.8 Å². The molecule has 0 aliphatic carbocycles. The van der Waals surface area contributed by atoms with Gasteiger partial charge in [-0.3, -0.25) is 9.69 Å². The Morgan fingerprint density at radius 3 is 2.89 bits per heavy atom. The lowest BCUT2D eigenvalue weighted by Gasteiger charge is -2.32. The number of hydrogen-bond acceptors (Lipinski definition) is 4. The fraction of sp³-hybridized carbons (Fsp3) is 0.917. The number of hydrogen-bond donors (Lipinski definition) is 2. The van der Waals surface area contributed by atoms with Crippen molar-refractivity contribution in [2.75, 3.05) is 32.8 Å². The predicted octanol–water partition coefficient (Wildman–Crippen LogP) is -0.476. The molecular weight excluding hydrogens is 236 g/mol. The van der Waals surface area contributed by atoms with Crippen LogP contribution in [-0.4, -0.2) is 61.0 Å². The first kappa shape index (κ1) is 15.4. The number of amides is 1. The van der Waals surface area contributed by atoms with E-state index < -0.39 is 18.1 Å². The predicted molar refractivity (Wildman–Crippen MR) is 65.4 cm³/mol. The number of nitrogens with two attached hydrogens (primary N) is 1. The fourth-order valence-corrected chi connectivity index (χ4v) is 2.09. The molecular formula is C12H23N2O4. The molecule has 1 aliphatic rings. The van der Waals surface area contributed by atoms with Gasteiger partial charge in [0.05, 0.1) is 19.3 Å². The SMILES string of the molecule is NC(=O)C1CN(CC(O)CCCCC[O])CCO1. The molecule has 0 spiro atoms. The molecule has 18 heavy (non-hydrogen) atoms. The third-order valence-electron chi connectivity index (χ3n) is 3.12. The molecule has 105 valence electrons. The Labute approximate surface area is 108 Å². The summed E-state index contributed by atoms with van der Waals surface area (Å²) >= 11 is 0. The Bertz CT molecular complexity index is 250. The zero-order valence-corrected chi connectivity index (χ0v) is 10.7. The molecule has 0 aromatic heterocycles. The van der Waals surface area contributed by atoms with Crippen LogP contribution in [0.5, 0.6) is 0 Å². The molecule has 0 saturated carbocycles. The molecule has 0 bridgehead atoms. The van der Waals surface area contributed by atoms with Crippen molar-refractivity contribution >= 4 is 5.91 Å². The summed E-state index contributed by atoms with van der Waals surface area (Å²) in [6.45, 7) is 2.12. The van der Waals surface area contributed by atoms with E-state index in [0.29, 0.717) is 39.1 Å². The van der Waals surface area contributed by atoms with Crippen LogP contribution in [0.25, 0.3) is 0 Å². The summed E-state index contributed by atoms with van der Waals surface area (Å²) in [5, 5.41) is 20.1. The van der Waals surface area contributed by atoms with E-state index in [4.69, 9.17) is 10.5 Å². The van der Waals surface area contributed by atoms with Crippen LogP contribution in [-0.2, 0) is 14.6 Å². The van der Waals surface area contributed by atoms with Crippen LogP contribution in [0.1, 0.15) is 25.7 Å². The number of nitrogens with zero attached hydrogens (tertiary/aromatic N) is 1. The van der Waals surface area contributed by atoms with Crippen molar-refractivity contribution in [2.24, 2.45) is 5.73 Å². The monoisotopic (exact) mass is 259 g/mol. The van der Waals surface area contributed by atoms with Gasteiger partial charge in [0.15, 0.2) is 0 Å². The first-order valence-corrected chi connectivity index (χ1v) is 6.53. The topological polar surface area (TPSA) is 95.7 Å². The van der Waals surface area contributed by atoms with Crippen molar-refractivity contribution in [3.8, 4) is 0 Å². The van der Waals surface area contributed by atoms with Crippen molar-refractivity contribution in [1.29, 1.82) is 0 Å². The largest absolute Gasteiger partial charge is 0.392 e. The minimum Gasteiger partial charge on any atom is -0.392 e. The molecule has 1 rings (SSSR count). The molecule has 1 fully saturated rings. The highest BCUT2D eigenvalue weighted by molar-refractivity contribution is 5.79. The number of aliphatic hydroxyl groups is 1. The van der Waals surface area contributed by atoms with Crippen LogP contribution < -0.4 is 5.73 Å². The van der Waals surface area contributed by atoms with E-state index >= 15 is 0 Å². The number of ether oxygens (including phenoxy) is 1. The average Bonchev–Trinajstić information content (AvgIpc) is 2.35. The first-order chi connectivity index (χ1) is 8.63. The number of rotatable bonds is 8. The molecule has 0 aromatic carbocycles. The zero-order chi connectivity index (χ0) is 13.4. The number of morpholine rings is 1. The number of β-amino-alcohol motifs (C(OH)–C–C–N with tert-alkyl or cyclic N) is 1. The van der Waals surface area contributed by atoms with E-state index in [0.717, 1.165) is 12.8 Å². The molecule has 6 heteroatoms. The van der Waals surface area contributed by atoms with Crippen LogP contribution >= 0.6 is 0 Å². The molecule has 1 heterocycles. The number of aliphatic hydroxyl groups excluding tert-OH is 1. The fourth-order valence-electron chi connectivity index (χ4n) is 2.09. The van der Waals surface area contributed by atoms with Crippen LogP contribution in [0.2, 0.25) is 0 Å². The Morgan fingerprint density at radius 2 is 2.22 bits per heavy atom. The van der Waals surface area contributed by atoms with E-state index in [9.17, 15) is 15.0 Å². The van der Waals surface area contributed by atoms with Crippen LogP contribution in [0.4, 0.5) is 0 Å². The van der Waals surface area contributed by atoms with Gasteiger partial charge in [0, 0.05) is 19.6 Å². The lowest BCUT2D eigenvalue weighted by atomic mass is 10.1. The second kappa shape index (κ2) is 8.42. The van der Waals surface area contributed by atoms with E-state index in [1.165, 1.54) is 0 Å². The second-order valence-corrected chi connectivity index (χ2v) is 4.73. The third kappa shape index (κ3) is 5.77. The molecule has 2 atom stereocenters. The summed E-state index contributed by atoms with van der Waals surface area (Å²) in [6, 6.07) is 0. The minimum absolute atomic E-state index is 0.0418. The van der Waals surface area contributed by atoms with Crippen molar-refractivity contribution < 1.29 is 19.7 Å². The quantitative estimate of drug-likeness (QED) is 0.576. The summed E-state index contributed by atoms with van der Waals surface area (Å²) in [5.41, 5.74) is 5.19. The maximum atomic E-state index is 11.0. The Kier molecular flexibility index (Phi) is 7.19. The molecule has 3 N–H and O–H groups in total. The zero-order valence-electron chi connectivity index (χ0n) is 10.7. The highest BCUT2D eigenvalue weighted by atomic mass is 16.5. The van der Waals surface area contributed by atoms with Gasteiger partial charge >= 0.3 is 0 Å². The number of carbonyl (C=O) groups is 1. The van der Waals surface area contributed by atoms with Gasteiger partial charge in [-0.15, -0.1) is 0 Å². The molecule has 1 radical (unpaired) electrons. The lowest BCUT2D eigenvalue weighted by molar-refractivity contribution is -0.135. The first-order valence-electron chi connectivity index (χ1n) is 6.53. The van der Waals surface area contributed by atoms with Crippen molar-refractivity contribution in [1.82, 2.24) is 4.90 Å². The second-order valence-electron chi connectivity index (χ2n) is 4.73. The summed E-state index contributed by atoms with van der Waals surface area (Å²) in [6.07, 6.45) is 2.13. The molecule has 1 aliphatic heterocycles. The number of unbranched alkanes of at least 4 members (excludes halogenated alkanes) is 2. The van der Waals surface area contributed by atoms with Crippen LogP contribution in [0, 0.1) is 0 Å². The number of carbonyl (C=O) groups excluding carboxylic acids is 1. The maximum Gasteiger partial charge on any atom is 0.247 e. The molecule has 1 saturated heterocycles. The molecule has 2 unspecified atom stereocenters. The molecule has 1 amide bonds. The standard InChI is InChI=1S/C12H23N2O4/c13-12(17)11-9-14(5-7-18-11)8-10(16)4-2-1-3-6-15/h10-11,16H,1-9H2,(H2,13,17). The maximum absolute atomic E-state index is 11.0. The van der Waals surface area contributed by atoms with Gasteiger partial charge in [-0.05, 0) is 12.8 Å². The summed E-state index contributed by atoms with van der Waals surface area (Å²) in [4.78, 5) is 13.0. The Balaban J connectivity index is 2.18. The van der Waals surface area contributed by atoms with E-state index in [2.05, 4.69) is 0 Å². The normalized spacial score (nSPS) is 22.9. The van der Waals surface area contributed by atoms with Crippen molar-refractivity contribution in [2.45, 2.75) is 37.9 Å². The van der Waals surface area contributed by atoms with Crippen molar-refractivity contribution in [3.05, 3.63) is 0 Å². The highest BCUT2D eigenvalue weighted by Crippen LogP contribution is 2.09. The lowest BCUT2D eigenvalue weighted by Crippen LogP contribution is -2.50. The molecule has 0 aromatic rings. The third-order valence-corrected chi connectivity index (χ3v) is 3.12. The summed E-state index contributed by atoms with van der Waals surface area (Å²) in [5.74, 6) is -0.454. The Hall–Kier alpha value is -0.690. The van der Waals surface area contributed by atoms with E-state index in [-0.39, 0.29) is 6.61 Å². The highest BCUT2D eigenvalue weighted by Gasteiger charge is 2.25. The number of primary amides is 1. The van der Waals surface area contributed by atoms with Crippen LogP contribution in [0.3, 0.4) is 0 Å². The summed E-state index contributed by atoms with van der Waals surface area (Å²) in [7, 11) is 0. The average molecular weight is 259 g/mol. The minimum atomic E-state index is -0.564. The van der Waals surface area contributed by atoms with Gasteiger partial charge in [0.2, 0.25) is 5.91 Å². The van der Waals surface area contributed by atoms with Gasteiger partial charge < -0.3 is 15.6 Å². The molecule has 6 nitrogen and oxygen atoms in total. The van der Waals surface area contributed by atoms with E-state index in [1.807, 2.05) is 4.90 Å². The van der Waals surface area contributed by atoms with Crippen molar-refractivity contribution in [3.63, 3.8) is 0 Å². The van der Waals surface area contributed by atoms with Gasteiger partial charge in [-0.25, -0.2) is 5.11 Å². The Morgan fingerprint density at radius 1 is 1.44 bits per heavy atom. The smallest absolute Gasteiger partial charge is 0.247 e. The summed E-state index contributed by atoms with van der Waals surface area (Å²) < 4.78 is 5.23. The van der Waals surface area contributed by atoms with Crippen LogP contribution in [0.15, 0.2) is 0 Å². The van der Waals surface area contributed by atoms with Gasteiger partial charge in [-0.2, -0.15) is 0 Å². The van der Waals surface area contributed by atoms with E-state index in [1.54, 1.807) is 0 Å². The van der Waals surface area contributed by atoms with Gasteiger partial charge in [0.25, 0.3) is 0 Å². The van der Waals surface area contributed by atoms with Gasteiger partial charge in [0.1, 0.15) is 6.10 Å².